The Morgan fingerprint density at radius 1 is 1.06 bits per heavy atom. The summed E-state index contributed by atoms with van der Waals surface area (Å²) in [4.78, 5) is 25.7. The molecule has 0 radical (unpaired) electrons. The van der Waals surface area contributed by atoms with Crippen molar-refractivity contribution >= 4 is 30.3 Å². The van der Waals surface area contributed by atoms with Crippen LogP contribution in [0.25, 0.3) is 0 Å². The van der Waals surface area contributed by atoms with Crippen molar-refractivity contribution in [1.29, 1.82) is 0 Å². The molecule has 2 aliphatic rings. The summed E-state index contributed by atoms with van der Waals surface area (Å²) < 4.78 is 113. The summed E-state index contributed by atoms with van der Waals surface area (Å²) in [6.45, 7) is -3.10. The van der Waals surface area contributed by atoms with Gasteiger partial charge in [-0.1, -0.05) is 0 Å². The van der Waals surface area contributed by atoms with Crippen LogP contribution in [0, 0.1) is 0 Å². The molecule has 32 heavy (non-hydrogen) atoms. The van der Waals surface area contributed by atoms with Crippen molar-refractivity contribution in [2.75, 3.05) is 37.9 Å². The van der Waals surface area contributed by atoms with Gasteiger partial charge in [-0.3, -0.25) is 0 Å². The summed E-state index contributed by atoms with van der Waals surface area (Å²) in [5, 5.41) is 0. The number of ether oxygens (including phenoxy) is 2. The molecule has 2 saturated heterocycles. The topological polar surface area (TPSA) is 77.5 Å². The van der Waals surface area contributed by atoms with E-state index in [2.05, 4.69) is 4.74 Å². The van der Waals surface area contributed by atoms with E-state index in [-0.39, 0.29) is 15.3 Å². The van der Waals surface area contributed by atoms with Crippen LogP contribution >= 0.6 is 0 Å². The zero-order valence-corrected chi connectivity index (χ0v) is 19.2. The summed E-state index contributed by atoms with van der Waals surface area (Å²) in [6, 6.07) is 3.05. The monoisotopic (exact) mass is 457 g/mol. The average molecular weight is 457 g/mol. The number of anilines is 1. The van der Waals surface area contributed by atoms with E-state index in [9.17, 15) is 9.59 Å². The van der Waals surface area contributed by atoms with Gasteiger partial charge in [-0.2, -0.15) is 0 Å². The predicted octanol–water partition coefficient (Wildman–Crippen LogP) is 2.83. The Hall–Kier alpha value is -2.26. The lowest BCUT2D eigenvalue weighted by Crippen LogP contribution is -2.50. The second-order valence-corrected chi connectivity index (χ2v) is 9.39. The maximum absolute atomic E-state index is 13.0. The fourth-order valence-electron chi connectivity index (χ4n) is 2.84. The van der Waals surface area contributed by atoms with Crippen LogP contribution in [0.15, 0.2) is 18.2 Å². The third-order valence-electron chi connectivity index (χ3n) is 5.18. The maximum Gasteiger partial charge on any atom is 0.494 e. The van der Waals surface area contributed by atoms with Crippen molar-refractivity contribution in [2.24, 2.45) is 0 Å². The van der Waals surface area contributed by atoms with Gasteiger partial charge in [-0.25, -0.2) is 9.59 Å². The lowest BCUT2D eigenvalue weighted by Gasteiger charge is -2.37. The Labute approximate surface area is 206 Å². The summed E-state index contributed by atoms with van der Waals surface area (Å²) in [7, 11) is -4.44. The third-order valence-corrected chi connectivity index (χ3v) is 5.18. The average Bonchev–Trinajstić information content (AvgIpc) is 2.96. The molecule has 9 heteroatoms. The number of rotatable bonds is 3. The highest BCUT2D eigenvalue weighted by atomic mass is 16.7. The number of amides is 1. The molecule has 176 valence electrons. The Bertz CT molecular complexity index is 1250. The molecule has 2 aliphatic heterocycles. The number of hydrogen-bond donors (Lipinski definition) is 0. The van der Waals surface area contributed by atoms with Crippen LogP contribution in [0.1, 0.15) is 73.9 Å². The van der Waals surface area contributed by atoms with Gasteiger partial charge in [0.05, 0.1) is 38.9 Å². The first-order chi connectivity index (χ1) is 18.9. The zero-order valence-electron chi connectivity index (χ0n) is 30.2. The number of hydrogen-bond acceptors (Lipinski definition) is 7. The lowest BCUT2D eigenvalue weighted by molar-refractivity contribution is 0.00578. The first-order valence-electron chi connectivity index (χ1n) is 15.5. The number of piperazine rings is 1. The Morgan fingerprint density at radius 3 is 2.19 bits per heavy atom. The van der Waals surface area contributed by atoms with E-state index in [1.54, 1.807) is 27.7 Å². The van der Waals surface area contributed by atoms with E-state index in [4.69, 9.17) is 29.1 Å². The standard InChI is InChI=1S/C23H35BN2O6/c1-21(2,3)30-20(28)26-11-9-25(10-12-26)18-14-16(19(27)29-8)13-17(15-18)24-31-22(4,5)23(6,7)32-24/h13-15H,9-12H2,1-8H3/i8D3,9D2,10D2,11D2,12D2. The molecule has 0 spiro atoms. The molecule has 8 nitrogen and oxygen atoms in total. The molecule has 0 aliphatic carbocycles. The van der Waals surface area contributed by atoms with Crippen LogP contribution in [0.3, 0.4) is 0 Å². The number of carbonyl (C=O) groups excluding carboxylic acids is 2. The van der Waals surface area contributed by atoms with E-state index in [0.29, 0.717) is 0 Å². The molecular formula is C23H35BN2O6. The number of methoxy groups -OCH3 is 1. The molecule has 3 rings (SSSR count). The molecule has 0 atom stereocenters. The number of nitrogens with zero attached hydrogens (tertiary/aromatic N) is 2. The first-order valence-corrected chi connectivity index (χ1v) is 9.97. The van der Waals surface area contributed by atoms with E-state index in [1.807, 2.05) is 0 Å². The van der Waals surface area contributed by atoms with Crippen LogP contribution in [0.2, 0.25) is 0 Å². The fourth-order valence-corrected chi connectivity index (χ4v) is 2.84. The van der Waals surface area contributed by atoms with Crippen LogP contribution in [0.4, 0.5) is 10.5 Å². The molecule has 0 aromatic heterocycles. The largest absolute Gasteiger partial charge is 0.494 e. The van der Waals surface area contributed by atoms with Gasteiger partial charge >= 0.3 is 19.2 Å². The minimum atomic E-state index is -3.58. The van der Waals surface area contributed by atoms with E-state index in [0.717, 1.165) is 18.2 Å². The summed E-state index contributed by atoms with van der Waals surface area (Å²) in [5.74, 6) is -1.42. The van der Waals surface area contributed by atoms with Gasteiger partial charge in [0, 0.05) is 31.7 Å². The van der Waals surface area contributed by atoms with Gasteiger partial charge in [0.25, 0.3) is 0 Å². The second-order valence-electron chi connectivity index (χ2n) is 9.39. The highest BCUT2D eigenvalue weighted by Gasteiger charge is 2.52. The number of esters is 1. The smallest absolute Gasteiger partial charge is 0.465 e. The first kappa shape index (κ1) is 13.5. The molecule has 0 unspecified atom stereocenters. The molecule has 0 saturated carbocycles. The minimum Gasteiger partial charge on any atom is -0.465 e. The fraction of sp³-hybridized carbons (Fsp3) is 0.652. The molecule has 0 bridgehead atoms. The van der Waals surface area contributed by atoms with Crippen molar-refractivity contribution in [1.82, 2.24) is 4.90 Å². The quantitative estimate of drug-likeness (QED) is 0.510. The Balaban J connectivity index is 2.28. The van der Waals surface area contributed by atoms with Crippen LogP contribution < -0.4 is 10.4 Å². The number of carbonyl (C=O) groups is 2. The second kappa shape index (κ2) is 8.59. The molecular weight excluding hydrogens is 411 g/mol. The summed E-state index contributed by atoms with van der Waals surface area (Å²) in [5.41, 5.74) is -4.25. The molecule has 2 heterocycles. The van der Waals surface area contributed by atoms with Gasteiger partial charge in [0.1, 0.15) is 5.60 Å². The lowest BCUT2D eigenvalue weighted by atomic mass is 9.78. The minimum absolute atomic E-state index is 0.0315. The van der Waals surface area contributed by atoms with E-state index < -0.39 is 80.3 Å². The third kappa shape index (κ3) is 5.21. The molecule has 0 N–H and O–H groups in total. The predicted molar refractivity (Wildman–Crippen MR) is 124 cm³/mol. The SMILES string of the molecule is [2H]C([2H])([2H])OC(=O)c1cc(B2OC(C)(C)C(C)(C)O2)cc(N2C([2H])([2H])C([2H])([2H])N(C(=O)OC(C)(C)C)C([2H])([2H])C2([2H])[2H])c1. The summed E-state index contributed by atoms with van der Waals surface area (Å²) in [6.07, 6.45) is -1.65. The molecule has 1 amide bonds. The highest BCUT2D eigenvalue weighted by molar-refractivity contribution is 6.62. The van der Waals surface area contributed by atoms with Gasteiger partial charge in [0.2, 0.25) is 0 Å². The van der Waals surface area contributed by atoms with Gasteiger partial charge in [-0.05, 0) is 72.1 Å². The van der Waals surface area contributed by atoms with E-state index in [1.165, 1.54) is 20.8 Å². The summed E-state index contributed by atoms with van der Waals surface area (Å²) >= 11 is 0. The highest BCUT2D eigenvalue weighted by Crippen LogP contribution is 2.36. The van der Waals surface area contributed by atoms with Gasteiger partial charge in [-0.15, -0.1) is 0 Å². The van der Waals surface area contributed by atoms with Crippen molar-refractivity contribution in [3.05, 3.63) is 23.8 Å². The maximum atomic E-state index is 13.0. The Kier molecular flexibility index (Phi) is 3.61. The van der Waals surface area contributed by atoms with Crippen molar-refractivity contribution in [3.8, 4) is 0 Å². The van der Waals surface area contributed by atoms with Gasteiger partial charge in [0.15, 0.2) is 0 Å². The molecule has 1 aromatic rings. The van der Waals surface area contributed by atoms with Crippen LogP contribution in [0.5, 0.6) is 0 Å². The molecule has 1 aromatic carbocycles. The zero-order chi connectivity index (χ0) is 33.6. The normalized spacial score (nSPS) is 32.1. The van der Waals surface area contributed by atoms with E-state index >= 15 is 0 Å². The van der Waals surface area contributed by atoms with Gasteiger partial charge < -0.3 is 28.6 Å². The number of benzene rings is 1. The van der Waals surface area contributed by atoms with Crippen LogP contribution in [-0.4, -0.2) is 73.9 Å². The van der Waals surface area contributed by atoms with Crippen molar-refractivity contribution in [3.63, 3.8) is 0 Å². The van der Waals surface area contributed by atoms with Crippen molar-refractivity contribution < 1.29 is 43.4 Å². The Morgan fingerprint density at radius 2 is 1.66 bits per heavy atom. The van der Waals surface area contributed by atoms with Crippen LogP contribution in [-0.2, 0) is 18.8 Å². The molecule has 2 fully saturated rings. The van der Waals surface area contributed by atoms with Crippen molar-refractivity contribution in [2.45, 2.75) is 65.3 Å².